The van der Waals surface area contributed by atoms with Crippen LogP contribution in [0.25, 0.3) is 22.0 Å². The minimum absolute atomic E-state index is 0.164. The van der Waals surface area contributed by atoms with Crippen LogP contribution in [0.3, 0.4) is 0 Å². The van der Waals surface area contributed by atoms with E-state index < -0.39 is 6.10 Å². The summed E-state index contributed by atoms with van der Waals surface area (Å²) >= 11 is 0. The van der Waals surface area contributed by atoms with Gasteiger partial charge >= 0.3 is 0 Å². The molecular formula is C16H15N3O2. The second-order valence-corrected chi connectivity index (χ2v) is 4.97. The number of aromatic nitrogens is 3. The molecular weight excluding hydrogens is 266 g/mol. The lowest BCUT2D eigenvalue weighted by Gasteiger charge is -2.12. The van der Waals surface area contributed by atoms with E-state index in [1.54, 1.807) is 25.4 Å². The van der Waals surface area contributed by atoms with Crippen LogP contribution < -0.4 is 5.56 Å². The van der Waals surface area contributed by atoms with E-state index in [9.17, 15) is 9.90 Å². The summed E-state index contributed by atoms with van der Waals surface area (Å²) in [6.45, 7) is 1.80. The summed E-state index contributed by atoms with van der Waals surface area (Å²) in [5.74, 6) is 0. The second kappa shape index (κ2) is 5.46. The largest absolute Gasteiger partial charge is 0.391 e. The van der Waals surface area contributed by atoms with Crippen molar-refractivity contribution in [2.75, 3.05) is 0 Å². The van der Waals surface area contributed by atoms with Crippen molar-refractivity contribution in [3.05, 3.63) is 59.1 Å². The Balaban J connectivity index is 2.33. The monoisotopic (exact) mass is 281 g/mol. The smallest absolute Gasteiger partial charge is 0.274 e. The number of rotatable bonds is 3. The van der Waals surface area contributed by atoms with Gasteiger partial charge in [-0.2, -0.15) is 5.10 Å². The Morgan fingerprint density at radius 2 is 1.95 bits per heavy atom. The Hall–Kier alpha value is -2.53. The molecule has 0 aliphatic heterocycles. The maximum atomic E-state index is 12.4. The van der Waals surface area contributed by atoms with Gasteiger partial charge < -0.3 is 5.11 Å². The van der Waals surface area contributed by atoms with Crippen molar-refractivity contribution >= 4 is 10.8 Å². The fourth-order valence-corrected chi connectivity index (χ4v) is 2.33. The second-order valence-electron chi connectivity index (χ2n) is 4.97. The SMILES string of the molecule is CC(O)Cn1nc(-c2cccnc2)c2ccccc2c1=O. The molecule has 0 amide bonds. The molecule has 0 fully saturated rings. The number of aliphatic hydroxyl groups is 1. The fraction of sp³-hybridized carbons (Fsp3) is 0.188. The minimum Gasteiger partial charge on any atom is -0.391 e. The van der Waals surface area contributed by atoms with Gasteiger partial charge in [0.1, 0.15) is 5.69 Å². The summed E-state index contributed by atoms with van der Waals surface area (Å²) < 4.78 is 1.31. The van der Waals surface area contributed by atoms with Crippen molar-refractivity contribution in [1.29, 1.82) is 0 Å². The maximum Gasteiger partial charge on any atom is 0.274 e. The fourth-order valence-electron chi connectivity index (χ4n) is 2.33. The third kappa shape index (κ3) is 2.55. The normalized spacial score (nSPS) is 12.5. The van der Waals surface area contributed by atoms with E-state index in [1.165, 1.54) is 4.68 Å². The lowest BCUT2D eigenvalue weighted by Crippen LogP contribution is -2.28. The van der Waals surface area contributed by atoms with E-state index in [4.69, 9.17) is 0 Å². The Bertz CT molecular complexity index is 826. The van der Waals surface area contributed by atoms with Crippen molar-refractivity contribution in [3.8, 4) is 11.3 Å². The van der Waals surface area contributed by atoms with Crippen LogP contribution in [0.4, 0.5) is 0 Å². The number of benzene rings is 1. The molecule has 0 aliphatic carbocycles. The third-order valence-electron chi connectivity index (χ3n) is 3.24. The molecule has 2 heterocycles. The van der Waals surface area contributed by atoms with Gasteiger partial charge in [0.25, 0.3) is 5.56 Å². The predicted molar refractivity (Wildman–Crippen MR) is 80.9 cm³/mol. The highest BCUT2D eigenvalue weighted by molar-refractivity contribution is 5.93. The van der Waals surface area contributed by atoms with Gasteiger partial charge in [-0.15, -0.1) is 0 Å². The number of hydrogen-bond donors (Lipinski definition) is 1. The molecule has 2 aromatic heterocycles. The molecule has 0 saturated heterocycles. The van der Waals surface area contributed by atoms with E-state index >= 15 is 0 Å². The Morgan fingerprint density at radius 1 is 1.19 bits per heavy atom. The van der Waals surface area contributed by atoms with Crippen LogP contribution >= 0.6 is 0 Å². The highest BCUT2D eigenvalue weighted by Gasteiger charge is 2.12. The minimum atomic E-state index is -0.641. The molecule has 1 N–H and O–H groups in total. The van der Waals surface area contributed by atoms with Crippen molar-refractivity contribution in [1.82, 2.24) is 14.8 Å². The number of nitrogens with zero attached hydrogens (tertiary/aromatic N) is 3. The van der Waals surface area contributed by atoms with Crippen LogP contribution in [-0.2, 0) is 6.54 Å². The van der Waals surface area contributed by atoms with Gasteiger partial charge in [0.2, 0.25) is 0 Å². The van der Waals surface area contributed by atoms with Crippen LogP contribution in [-0.4, -0.2) is 26.0 Å². The van der Waals surface area contributed by atoms with Gasteiger partial charge in [-0.1, -0.05) is 18.2 Å². The number of aliphatic hydroxyl groups excluding tert-OH is 1. The van der Waals surface area contributed by atoms with Gasteiger partial charge in [-0.25, -0.2) is 4.68 Å². The van der Waals surface area contributed by atoms with Gasteiger partial charge in [-0.3, -0.25) is 9.78 Å². The quantitative estimate of drug-likeness (QED) is 0.795. The van der Waals surface area contributed by atoms with Gasteiger partial charge in [0, 0.05) is 23.3 Å². The molecule has 0 spiro atoms. The molecule has 21 heavy (non-hydrogen) atoms. The Kier molecular flexibility index (Phi) is 3.50. The lowest BCUT2D eigenvalue weighted by atomic mass is 10.1. The molecule has 0 aliphatic rings. The summed E-state index contributed by atoms with van der Waals surface area (Å²) in [6, 6.07) is 11.1. The Labute approximate surface area is 121 Å². The van der Waals surface area contributed by atoms with Gasteiger partial charge in [-0.05, 0) is 25.1 Å². The highest BCUT2D eigenvalue weighted by Crippen LogP contribution is 2.23. The van der Waals surface area contributed by atoms with Crippen LogP contribution in [0.2, 0.25) is 0 Å². The molecule has 0 radical (unpaired) electrons. The van der Waals surface area contributed by atoms with Crippen molar-refractivity contribution < 1.29 is 5.11 Å². The first-order valence-electron chi connectivity index (χ1n) is 6.75. The molecule has 1 atom stereocenters. The first-order chi connectivity index (χ1) is 10.2. The van der Waals surface area contributed by atoms with Gasteiger partial charge in [0.15, 0.2) is 0 Å². The summed E-state index contributed by atoms with van der Waals surface area (Å²) in [5.41, 5.74) is 1.34. The van der Waals surface area contributed by atoms with Crippen molar-refractivity contribution in [3.63, 3.8) is 0 Å². The van der Waals surface area contributed by atoms with E-state index in [0.717, 1.165) is 10.9 Å². The predicted octanol–water partition coefficient (Wildman–Crippen LogP) is 1.84. The zero-order valence-corrected chi connectivity index (χ0v) is 11.6. The van der Waals surface area contributed by atoms with E-state index in [-0.39, 0.29) is 12.1 Å². The van der Waals surface area contributed by atoms with Crippen LogP contribution in [0.15, 0.2) is 53.6 Å². The van der Waals surface area contributed by atoms with E-state index in [0.29, 0.717) is 11.1 Å². The molecule has 1 aromatic carbocycles. The van der Waals surface area contributed by atoms with Crippen LogP contribution in [0.5, 0.6) is 0 Å². The zero-order valence-electron chi connectivity index (χ0n) is 11.6. The van der Waals surface area contributed by atoms with Crippen molar-refractivity contribution in [2.24, 2.45) is 0 Å². The topological polar surface area (TPSA) is 68.0 Å². The third-order valence-corrected chi connectivity index (χ3v) is 3.24. The van der Waals surface area contributed by atoms with E-state index in [1.807, 2.05) is 30.3 Å². The van der Waals surface area contributed by atoms with Gasteiger partial charge in [0.05, 0.1) is 18.0 Å². The zero-order chi connectivity index (χ0) is 14.8. The first-order valence-corrected chi connectivity index (χ1v) is 6.75. The van der Waals surface area contributed by atoms with Crippen LogP contribution in [0.1, 0.15) is 6.92 Å². The molecule has 5 nitrogen and oxygen atoms in total. The lowest BCUT2D eigenvalue weighted by molar-refractivity contribution is 0.166. The number of hydrogen-bond acceptors (Lipinski definition) is 4. The summed E-state index contributed by atoms with van der Waals surface area (Å²) in [6.07, 6.45) is 2.77. The Morgan fingerprint density at radius 3 is 2.62 bits per heavy atom. The summed E-state index contributed by atoms with van der Waals surface area (Å²) in [7, 11) is 0. The highest BCUT2D eigenvalue weighted by atomic mass is 16.3. The first kappa shape index (κ1) is 13.5. The summed E-state index contributed by atoms with van der Waals surface area (Å²) in [5, 5.41) is 15.3. The average molecular weight is 281 g/mol. The molecule has 106 valence electrons. The number of fused-ring (bicyclic) bond motifs is 1. The molecule has 0 bridgehead atoms. The average Bonchev–Trinajstić information content (AvgIpc) is 2.51. The molecule has 0 saturated carbocycles. The molecule has 5 heteroatoms. The van der Waals surface area contributed by atoms with Crippen molar-refractivity contribution in [2.45, 2.75) is 19.6 Å². The number of pyridine rings is 1. The van der Waals surface area contributed by atoms with E-state index in [2.05, 4.69) is 10.1 Å². The summed E-state index contributed by atoms with van der Waals surface area (Å²) in [4.78, 5) is 16.5. The standard InChI is InChI=1S/C16H15N3O2/c1-11(20)10-19-16(21)14-7-3-2-6-13(14)15(18-19)12-5-4-8-17-9-12/h2-9,11,20H,10H2,1H3. The van der Waals surface area contributed by atoms with Crippen LogP contribution in [0, 0.1) is 0 Å². The molecule has 1 unspecified atom stereocenters. The maximum absolute atomic E-state index is 12.4. The molecule has 3 aromatic rings. The molecule has 3 rings (SSSR count).